The number of nitrogens with zero attached hydrogens (tertiary/aromatic N) is 2. The lowest BCUT2D eigenvalue weighted by atomic mass is 9.81. The molecule has 1 aliphatic heterocycles. The Hall–Kier alpha value is -2.15. The Balaban J connectivity index is 1.71. The number of likely N-dealkylation sites (tertiary alicyclic amines) is 1. The molecule has 0 saturated carbocycles. The number of benzene rings is 2. The maximum absolute atomic E-state index is 8.97. The number of nitriles is 1. The molecule has 1 saturated heterocycles. The third kappa shape index (κ3) is 4.40. The first-order chi connectivity index (χ1) is 13.0. The molecule has 0 aliphatic carbocycles. The van der Waals surface area contributed by atoms with Crippen LogP contribution in [-0.2, 0) is 16.7 Å². The summed E-state index contributed by atoms with van der Waals surface area (Å²) in [5.41, 5.74) is 3.59. The van der Waals surface area contributed by atoms with E-state index in [0.29, 0.717) is 0 Å². The Labute approximate surface area is 163 Å². The monoisotopic (exact) mass is 362 g/mol. The summed E-state index contributed by atoms with van der Waals surface area (Å²) in [7, 11) is 1.81. The van der Waals surface area contributed by atoms with E-state index in [2.05, 4.69) is 67.3 Å². The molecule has 1 atom stereocenters. The summed E-state index contributed by atoms with van der Waals surface area (Å²) in [5.74, 6) is 0. The number of hydrogen-bond acceptors (Lipinski definition) is 3. The van der Waals surface area contributed by atoms with Gasteiger partial charge in [-0.05, 0) is 62.9 Å². The van der Waals surface area contributed by atoms with Crippen molar-refractivity contribution in [1.29, 1.82) is 5.26 Å². The highest BCUT2D eigenvalue weighted by molar-refractivity contribution is 5.31. The Bertz CT molecular complexity index is 776. The molecule has 0 aromatic heterocycles. The van der Waals surface area contributed by atoms with E-state index in [9.17, 15) is 0 Å². The third-order valence-electron chi connectivity index (χ3n) is 6.19. The average molecular weight is 363 g/mol. The van der Waals surface area contributed by atoms with Crippen molar-refractivity contribution in [3.63, 3.8) is 0 Å². The van der Waals surface area contributed by atoms with Crippen molar-refractivity contribution in [3.05, 3.63) is 71.3 Å². The van der Waals surface area contributed by atoms with Crippen molar-refractivity contribution in [1.82, 2.24) is 4.90 Å². The number of rotatable bonds is 7. The van der Waals surface area contributed by atoms with Crippen molar-refractivity contribution in [2.24, 2.45) is 5.41 Å². The van der Waals surface area contributed by atoms with E-state index >= 15 is 0 Å². The van der Waals surface area contributed by atoms with Gasteiger partial charge < -0.3 is 4.74 Å². The lowest BCUT2D eigenvalue weighted by molar-refractivity contribution is 0.0602. The summed E-state index contributed by atoms with van der Waals surface area (Å²) in [6.45, 7) is 7.60. The lowest BCUT2D eigenvalue weighted by Gasteiger charge is -2.38. The molecule has 3 heteroatoms. The molecule has 1 aliphatic rings. The number of aryl methyl sites for hydroxylation is 1. The number of methoxy groups -OCH3 is 1. The molecule has 0 bridgehead atoms. The van der Waals surface area contributed by atoms with Gasteiger partial charge in [0.25, 0.3) is 0 Å². The van der Waals surface area contributed by atoms with Gasteiger partial charge in [-0.2, -0.15) is 5.26 Å². The third-order valence-corrected chi connectivity index (χ3v) is 6.19. The topological polar surface area (TPSA) is 36.3 Å². The molecule has 0 radical (unpaired) electrons. The minimum atomic E-state index is 0.0190. The van der Waals surface area contributed by atoms with Crippen LogP contribution in [0, 0.1) is 16.7 Å². The SMILES string of the molecule is COC[C@@]1(CCc2ccc(C#N)cc2)CCN(C(C)(C)c2ccccc2)C1. The van der Waals surface area contributed by atoms with E-state index in [4.69, 9.17) is 10.00 Å². The standard InChI is InChI=1S/C24H30N2O/c1-23(2,22-7-5-4-6-8-22)26-16-15-24(18-26,19-27-3)14-13-20-9-11-21(17-25)12-10-20/h4-12H,13-16,18-19H2,1-3H3/t24-/m0/s1. The number of ether oxygens (including phenoxy) is 1. The molecular formula is C24H30N2O. The highest BCUT2D eigenvalue weighted by Gasteiger charge is 2.43. The van der Waals surface area contributed by atoms with E-state index in [-0.39, 0.29) is 11.0 Å². The summed E-state index contributed by atoms with van der Waals surface area (Å²) in [5, 5.41) is 8.97. The van der Waals surface area contributed by atoms with Gasteiger partial charge in [0.2, 0.25) is 0 Å². The Morgan fingerprint density at radius 1 is 1.11 bits per heavy atom. The maximum Gasteiger partial charge on any atom is 0.0991 e. The van der Waals surface area contributed by atoms with Gasteiger partial charge >= 0.3 is 0 Å². The molecule has 3 rings (SSSR count). The second-order valence-electron chi connectivity index (χ2n) is 8.34. The maximum atomic E-state index is 8.97. The minimum absolute atomic E-state index is 0.0190. The van der Waals surface area contributed by atoms with Gasteiger partial charge in [0.1, 0.15) is 0 Å². The molecule has 2 aromatic carbocycles. The first-order valence-electron chi connectivity index (χ1n) is 9.78. The van der Waals surface area contributed by atoms with Crippen LogP contribution in [0.2, 0.25) is 0 Å². The summed E-state index contributed by atoms with van der Waals surface area (Å²) < 4.78 is 5.65. The zero-order valence-corrected chi connectivity index (χ0v) is 16.7. The Kier molecular flexibility index (Phi) is 5.99. The van der Waals surface area contributed by atoms with Crippen LogP contribution >= 0.6 is 0 Å². The first-order valence-corrected chi connectivity index (χ1v) is 9.78. The van der Waals surface area contributed by atoms with Gasteiger partial charge in [-0.1, -0.05) is 42.5 Å². The molecular weight excluding hydrogens is 332 g/mol. The molecule has 142 valence electrons. The van der Waals surface area contributed by atoms with Crippen LogP contribution < -0.4 is 0 Å². The van der Waals surface area contributed by atoms with Crippen LogP contribution in [0.4, 0.5) is 0 Å². The second-order valence-corrected chi connectivity index (χ2v) is 8.34. The van der Waals surface area contributed by atoms with Gasteiger partial charge in [-0.25, -0.2) is 0 Å². The molecule has 2 aromatic rings. The fourth-order valence-corrected chi connectivity index (χ4v) is 4.30. The van der Waals surface area contributed by atoms with Gasteiger partial charge in [-0.3, -0.25) is 4.90 Å². The number of hydrogen-bond donors (Lipinski definition) is 0. The van der Waals surface area contributed by atoms with E-state index < -0.39 is 0 Å². The molecule has 0 amide bonds. The van der Waals surface area contributed by atoms with Crippen LogP contribution in [0.1, 0.15) is 43.4 Å². The second kappa shape index (κ2) is 8.25. The molecule has 27 heavy (non-hydrogen) atoms. The summed E-state index contributed by atoms with van der Waals surface area (Å²) in [4.78, 5) is 2.61. The van der Waals surface area contributed by atoms with E-state index in [1.54, 1.807) is 0 Å². The van der Waals surface area contributed by atoms with Crippen molar-refractivity contribution in [2.75, 3.05) is 26.8 Å². The first kappa shape index (κ1) is 19.6. The van der Waals surface area contributed by atoms with Crippen LogP contribution in [0.15, 0.2) is 54.6 Å². The van der Waals surface area contributed by atoms with Crippen molar-refractivity contribution in [3.8, 4) is 6.07 Å². The van der Waals surface area contributed by atoms with Crippen LogP contribution in [0.25, 0.3) is 0 Å². The normalized spacial score (nSPS) is 20.5. The summed E-state index contributed by atoms with van der Waals surface area (Å²) in [6, 6.07) is 21.0. The van der Waals surface area contributed by atoms with Gasteiger partial charge in [-0.15, -0.1) is 0 Å². The van der Waals surface area contributed by atoms with E-state index in [1.807, 2.05) is 19.2 Å². The molecule has 3 nitrogen and oxygen atoms in total. The van der Waals surface area contributed by atoms with Crippen molar-refractivity contribution >= 4 is 0 Å². The highest BCUT2D eigenvalue weighted by atomic mass is 16.5. The Morgan fingerprint density at radius 3 is 2.44 bits per heavy atom. The highest BCUT2D eigenvalue weighted by Crippen LogP contribution is 2.41. The molecule has 0 spiro atoms. The zero-order valence-electron chi connectivity index (χ0n) is 16.7. The summed E-state index contributed by atoms with van der Waals surface area (Å²) >= 11 is 0. The summed E-state index contributed by atoms with van der Waals surface area (Å²) in [6.07, 6.45) is 3.29. The molecule has 1 heterocycles. The van der Waals surface area contributed by atoms with E-state index in [1.165, 1.54) is 11.1 Å². The van der Waals surface area contributed by atoms with Crippen molar-refractivity contribution < 1.29 is 4.74 Å². The van der Waals surface area contributed by atoms with Gasteiger partial charge in [0.05, 0.1) is 18.2 Å². The van der Waals surface area contributed by atoms with Crippen LogP contribution in [0.3, 0.4) is 0 Å². The largest absolute Gasteiger partial charge is 0.384 e. The van der Waals surface area contributed by atoms with E-state index in [0.717, 1.165) is 44.5 Å². The predicted octanol–water partition coefficient (Wildman–Crippen LogP) is 4.76. The van der Waals surface area contributed by atoms with Gasteiger partial charge in [0.15, 0.2) is 0 Å². The fraction of sp³-hybridized carbons (Fsp3) is 0.458. The quantitative estimate of drug-likeness (QED) is 0.712. The predicted molar refractivity (Wildman–Crippen MR) is 109 cm³/mol. The molecule has 0 unspecified atom stereocenters. The van der Waals surface area contributed by atoms with Crippen LogP contribution in [-0.4, -0.2) is 31.7 Å². The average Bonchev–Trinajstić information content (AvgIpc) is 3.13. The zero-order chi connectivity index (χ0) is 19.3. The fourth-order valence-electron chi connectivity index (χ4n) is 4.30. The smallest absolute Gasteiger partial charge is 0.0991 e. The minimum Gasteiger partial charge on any atom is -0.384 e. The Morgan fingerprint density at radius 2 is 1.81 bits per heavy atom. The molecule has 1 fully saturated rings. The van der Waals surface area contributed by atoms with Crippen molar-refractivity contribution in [2.45, 2.75) is 38.6 Å². The lowest BCUT2D eigenvalue weighted by Crippen LogP contribution is -2.42. The molecule has 0 N–H and O–H groups in total. The van der Waals surface area contributed by atoms with Gasteiger partial charge in [0, 0.05) is 24.6 Å². The van der Waals surface area contributed by atoms with Crippen LogP contribution in [0.5, 0.6) is 0 Å².